The van der Waals surface area contributed by atoms with Crippen LogP contribution in [-0.2, 0) is 0 Å². The molecule has 17 heavy (non-hydrogen) atoms. The molecule has 4 nitrogen and oxygen atoms in total. The molecule has 1 aromatic rings. The number of nitro benzene ring substituents is 1. The molecule has 92 valence electrons. The Balaban J connectivity index is 2.21. The first-order chi connectivity index (χ1) is 8.06. The lowest BCUT2D eigenvalue weighted by Gasteiger charge is -2.36. The summed E-state index contributed by atoms with van der Waals surface area (Å²) < 4.78 is 0. The lowest BCUT2D eigenvalue weighted by atomic mass is 9.91. The molecule has 4 heteroatoms. The van der Waals surface area contributed by atoms with Crippen LogP contribution in [-0.4, -0.2) is 18.0 Å². The molecule has 1 saturated heterocycles. The van der Waals surface area contributed by atoms with Crippen molar-refractivity contribution in [2.45, 2.75) is 20.3 Å². The summed E-state index contributed by atoms with van der Waals surface area (Å²) in [6.45, 7) is 6.46. The third-order valence-electron chi connectivity index (χ3n) is 3.27. The van der Waals surface area contributed by atoms with Crippen LogP contribution in [0.4, 0.5) is 11.4 Å². The molecule has 2 rings (SSSR count). The molecule has 0 bridgehead atoms. The topological polar surface area (TPSA) is 46.4 Å². The second-order valence-electron chi connectivity index (χ2n) is 5.13. The smallest absolute Gasteiger partial charge is 0.271 e. The first kappa shape index (κ1) is 11.9. The van der Waals surface area contributed by atoms with E-state index in [2.05, 4.69) is 18.7 Å². The summed E-state index contributed by atoms with van der Waals surface area (Å²) in [4.78, 5) is 12.7. The van der Waals surface area contributed by atoms with E-state index in [9.17, 15) is 10.1 Å². The van der Waals surface area contributed by atoms with Crippen molar-refractivity contribution in [1.82, 2.24) is 0 Å². The molecule has 1 heterocycles. The number of nitro groups is 1. The van der Waals surface area contributed by atoms with Crippen molar-refractivity contribution in [3.63, 3.8) is 0 Å². The molecule has 0 unspecified atom stereocenters. The van der Waals surface area contributed by atoms with Gasteiger partial charge < -0.3 is 4.90 Å². The lowest BCUT2D eigenvalue weighted by Crippen LogP contribution is -2.38. The van der Waals surface area contributed by atoms with Gasteiger partial charge in [-0.2, -0.15) is 0 Å². The van der Waals surface area contributed by atoms with Crippen LogP contribution >= 0.6 is 0 Å². The number of nitrogens with zero attached hydrogens (tertiary/aromatic N) is 2. The predicted molar refractivity (Wildman–Crippen MR) is 68.3 cm³/mol. The van der Waals surface area contributed by atoms with Crippen LogP contribution < -0.4 is 4.90 Å². The van der Waals surface area contributed by atoms with Gasteiger partial charge in [-0.3, -0.25) is 10.1 Å². The highest BCUT2D eigenvalue weighted by Crippen LogP contribution is 2.28. The molecular formula is C13H18N2O2. The zero-order valence-corrected chi connectivity index (χ0v) is 10.3. The molecular weight excluding hydrogens is 216 g/mol. The molecule has 1 aliphatic heterocycles. The van der Waals surface area contributed by atoms with Gasteiger partial charge in [-0.05, 0) is 24.3 Å². The number of hydrogen-bond acceptors (Lipinski definition) is 3. The standard InChI is InChI=1S/C13H18N2O2/c1-10-6-11(2)9-14(8-10)12-4-3-5-13(7-12)15(16)17/h3-5,7,10-11H,6,8-9H2,1-2H3/t10-,11-/m0/s1. The van der Waals surface area contributed by atoms with Gasteiger partial charge in [0.1, 0.15) is 0 Å². The van der Waals surface area contributed by atoms with Crippen LogP contribution in [0.3, 0.4) is 0 Å². The Morgan fingerprint density at radius 2 is 1.94 bits per heavy atom. The maximum absolute atomic E-state index is 10.8. The number of non-ortho nitro benzene ring substituents is 1. The third-order valence-corrected chi connectivity index (χ3v) is 3.27. The van der Waals surface area contributed by atoms with E-state index in [1.165, 1.54) is 6.42 Å². The predicted octanol–water partition coefficient (Wildman–Crippen LogP) is 3.08. The normalized spacial score (nSPS) is 24.7. The number of anilines is 1. The molecule has 0 radical (unpaired) electrons. The molecule has 0 saturated carbocycles. The van der Waals surface area contributed by atoms with E-state index in [4.69, 9.17) is 0 Å². The summed E-state index contributed by atoms with van der Waals surface area (Å²) in [5.74, 6) is 1.30. The number of hydrogen-bond donors (Lipinski definition) is 0. The van der Waals surface area contributed by atoms with Crippen molar-refractivity contribution in [3.8, 4) is 0 Å². The van der Waals surface area contributed by atoms with Gasteiger partial charge in [0.15, 0.2) is 0 Å². The summed E-state index contributed by atoms with van der Waals surface area (Å²) in [7, 11) is 0. The fraction of sp³-hybridized carbons (Fsp3) is 0.538. The van der Waals surface area contributed by atoms with Crippen molar-refractivity contribution < 1.29 is 4.92 Å². The average Bonchev–Trinajstić information content (AvgIpc) is 2.28. The van der Waals surface area contributed by atoms with E-state index in [0.717, 1.165) is 18.8 Å². The summed E-state index contributed by atoms with van der Waals surface area (Å²) in [6.07, 6.45) is 1.24. The van der Waals surface area contributed by atoms with Gasteiger partial charge in [0.05, 0.1) is 4.92 Å². The Morgan fingerprint density at radius 3 is 2.53 bits per heavy atom. The van der Waals surface area contributed by atoms with E-state index in [-0.39, 0.29) is 10.6 Å². The van der Waals surface area contributed by atoms with Gasteiger partial charge in [-0.15, -0.1) is 0 Å². The van der Waals surface area contributed by atoms with Crippen LogP contribution in [0.1, 0.15) is 20.3 Å². The minimum absolute atomic E-state index is 0.174. The Labute approximate surface area is 101 Å². The Morgan fingerprint density at radius 1 is 1.29 bits per heavy atom. The average molecular weight is 234 g/mol. The molecule has 1 aliphatic rings. The van der Waals surface area contributed by atoms with Gasteiger partial charge in [0, 0.05) is 30.9 Å². The Bertz CT molecular complexity index is 410. The molecule has 1 fully saturated rings. The van der Waals surface area contributed by atoms with Crippen LogP contribution in [0.25, 0.3) is 0 Å². The van der Waals surface area contributed by atoms with E-state index in [0.29, 0.717) is 11.8 Å². The SMILES string of the molecule is C[C@H]1C[C@H](C)CN(c2cccc([N+](=O)[O-])c2)C1. The maximum atomic E-state index is 10.8. The molecule has 0 aliphatic carbocycles. The third kappa shape index (κ3) is 2.75. The van der Waals surface area contributed by atoms with Gasteiger partial charge in [-0.1, -0.05) is 19.9 Å². The van der Waals surface area contributed by atoms with E-state index in [1.807, 2.05) is 6.07 Å². The summed E-state index contributed by atoms with van der Waals surface area (Å²) in [5.41, 5.74) is 1.14. The first-order valence-electron chi connectivity index (χ1n) is 6.05. The quantitative estimate of drug-likeness (QED) is 0.583. The van der Waals surface area contributed by atoms with Gasteiger partial charge in [-0.25, -0.2) is 0 Å². The largest absolute Gasteiger partial charge is 0.371 e. The molecule has 0 N–H and O–H groups in total. The van der Waals surface area contributed by atoms with Gasteiger partial charge in [0.2, 0.25) is 0 Å². The van der Waals surface area contributed by atoms with Crippen LogP contribution in [0.15, 0.2) is 24.3 Å². The van der Waals surface area contributed by atoms with Crippen LogP contribution in [0.2, 0.25) is 0 Å². The van der Waals surface area contributed by atoms with Crippen molar-refractivity contribution in [2.75, 3.05) is 18.0 Å². The maximum Gasteiger partial charge on any atom is 0.271 e. The molecule has 0 amide bonds. The summed E-state index contributed by atoms with van der Waals surface area (Å²) >= 11 is 0. The molecule has 2 atom stereocenters. The van der Waals surface area contributed by atoms with Crippen molar-refractivity contribution in [2.24, 2.45) is 11.8 Å². The molecule has 1 aromatic carbocycles. The van der Waals surface area contributed by atoms with Gasteiger partial charge >= 0.3 is 0 Å². The number of benzene rings is 1. The summed E-state index contributed by atoms with van der Waals surface area (Å²) in [6, 6.07) is 6.93. The fourth-order valence-corrected chi connectivity index (χ4v) is 2.68. The van der Waals surface area contributed by atoms with E-state index >= 15 is 0 Å². The minimum Gasteiger partial charge on any atom is -0.371 e. The molecule has 0 spiro atoms. The highest BCUT2D eigenvalue weighted by Gasteiger charge is 2.22. The monoisotopic (exact) mass is 234 g/mol. The first-order valence-corrected chi connectivity index (χ1v) is 6.05. The van der Waals surface area contributed by atoms with Crippen LogP contribution in [0.5, 0.6) is 0 Å². The van der Waals surface area contributed by atoms with Crippen LogP contribution in [0, 0.1) is 22.0 Å². The minimum atomic E-state index is -0.333. The second kappa shape index (κ2) is 4.73. The zero-order valence-electron chi connectivity index (χ0n) is 10.3. The van der Waals surface area contributed by atoms with Crippen molar-refractivity contribution in [3.05, 3.63) is 34.4 Å². The highest BCUT2D eigenvalue weighted by molar-refractivity contribution is 5.53. The summed E-state index contributed by atoms with van der Waals surface area (Å²) in [5, 5.41) is 10.8. The van der Waals surface area contributed by atoms with Gasteiger partial charge in [0.25, 0.3) is 5.69 Å². The Kier molecular flexibility index (Phi) is 3.31. The van der Waals surface area contributed by atoms with Crippen molar-refractivity contribution in [1.29, 1.82) is 0 Å². The van der Waals surface area contributed by atoms with E-state index < -0.39 is 0 Å². The number of piperidine rings is 1. The molecule has 0 aromatic heterocycles. The number of rotatable bonds is 2. The van der Waals surface area contributed by atoms with E-state index in [1.54, 1.807) is 18.2 Å². The zero-order chi connectivity index (χ0) is 12.4. The Hall–Kier alpha value is -1.58. The van der Waals surface area contributed by atoms with Crippen molar-refractivity contribution >= 4 is 11.4 Å². The fourth-order valence-electron chi connectivity index (χ4n) is 2.68. The second-order valence-corrected chi connectivity index (χ2v) is 5.13. The highest BCUT2D eigenvalue weighted by atomic mass is 16.6. The lowest BCUT2D eigenvalue weighted by molar-refractivity contribution is -0.384.